The molecule has 21 heavy (non-hydrogen) atoms. The van der Waals surface area contributed by atoms with Gasteiger partial charge in [0.05, 0.1) is 5.02 Å². The zero-order valence-electron chi connectivity index (χ0n) is 12.4. The molecule has 0 aliphatic heterocycles. The average molecular weight is 314 g/mol. The van der Waals surface area contributed by atoms with Gasteiger partial charge in [-0.2, -0.15) is 0 Å². The van der Waals surface area contributed by atoms with Crippen molar-refractivity contribution in [3.8, 4) is 0 Å². The fourth-order valence-corrected chi connectivity index (χ4v) is 2.78. The Labute approximate surface area is 129 Å². The number of halogens is 2. The summed E-state index contributed by atoms with van der Waals surface area (Å²) in [6.45, 7) is 0. The van der Waals surface area contributed by atoms with Gasteiger partial charge in [0.2, 0.25) is 0 Å². The van der Waals surface area contributed by atoms with Crippen LogP contribution in [-0.4, -0.2) is 30.7 Å². The summed E-state index contributed by atoms with van der Waals surface area (Å²) >= 11 is 5.82. The number of anilines is 1. The first kappa shape index (κ1) is 15.9. The minimum absolute atomic E-state index is 0.0740. The molecule has 1 fully saturated rings. The molecule has 0 radical (unpaired) electrons. The number of carbonyl (C=O) groups excluding carboxylic acids is 1. The van der Waals surface area contributed by atoms with Gasteiger partial charge in [-0.1, -0.05) is 18.0 Å². The van der Waals surface area contributed by atoms with Crippen LogP contribution in [0, 0.1) is 5.82 Å². The van der Waals surface area contributed by atoms with Crippen LogP contribution in [0.5, 0.6) is 0 Å². The molecule has 1 aromatic carbocycles. The average Bonchev–Trinajstić information content (AvgIpc) is 2.43. The highest BCUT2D eigenvalue weighted by atomic mass is 35.5. The van der Waals surface area contributed by atoms with Crippen molar-refractivity contribution in [1.29, 1.82) is 0 Å². The van der Waals surface area contributed by atoms with E-state index in [2.05, 4.69) is 10.6 Å². The third kappa shape index (κ3) is 4.00. The molecule has 0 spiro atoms. The predicted molar refractivity (Wildman–Crippen MR) is 83.1 cm³/mol. The summed E-state index contributed by atoms with van der Waals surface area (Å²) in [4.78, 5) is 13.5. The van der Waals surface area contributed by atoms with E-state index in [1.54, 1.807) is 26.2 Å². The fraction of sp³-hybridized carbons (Fsp3) is 0.533. The lowest BCUT2D eigenvalue weighted by Crippen LogP contribution is -2.57. The van der Waals surface area contributed by atoms with Gasteiger partial charge in [0.1, 0.15) is 11.5 Å². The van der Waals surface area contributed by atoms with Crippen LogP contribution in [0.4, 0.5) is 14.9 Å². The SMILES string of the molecule is CN(C)C(=O)NC1(Nc2ccc(F)c(Cl)c2)CCCCC1. The van der Waals surface area contributed by atoms with E-state index in [-0.39, 0.29) is 11.1 Å². The Morgan fingerprint density at radius 3 is 2.52 bits per heavy atom. The predicted octanol–water partition coefficient (Wildman–Crippen LogP) is 3.82. The van der Waals surface area contributed by atoms with Gasteiger partial charge in [0.15, 0.2) is 0 Å². The van der Waals surface area contributed by atoms with Crippen molar-refractivity contribution < 1.29 is 9.18 Å². The first-order chi connectivity index (χ1) is 9.92. The molecule has 0 saturated heterocycles. The summed E-state index contributed by atoms with van der Waals surface area (Å²) in [6.07, 6.45) is 4.90. The van der Waals surface area contributed by atoms with E-state index in [1.807, 2.05) is 0 Å². The highest BCUT2D eigenvalue weighted by molar-refractivity contribution is 6.31. The quantitative estimate of drug-likeness (QED) is 0.833. The molecule has 0 aromatic heterocycles. The Morgan fingerprint density at radius 1 is 1.29 bits per heavy atom. The van der Waals surface area contributed by atoms with Crippen molar-refractivity contribution in [3.63, 3.8) is 0 Å². The Hall–Kier alpha value is -1.49. The van der Waals surface area contributed by atoms with Crippen molar-refractivity contribution in [2.75, 3.05) is 19.4 Å². The number of rotatable bonds is 3. The molecule has 2 N–H and O–H groups in total. The van der Waals surface area contributed by atoms with E-state index >= 15 is 0 Å². The molecule has 116 valence electrons. The summed E-state index contributed by atoms with van der Waals surface area (Å²) in [6, 6.07) is 4.38. The molecule has 2 amide bonds. The second kappa shape index (κ2) is 6.52. The summed E-state index contributed by atoms with van der Waals surface area (Å²) < 4.78 is 13.3. The molecule has 6 heteroatoms. The van der Waals surface area contributed by atoms with E-state index < -0.39 is 11.5 Å². The van der Waals surface area contributed by atoms with Gasteiger partial charge in [-0.05, 0) is 43.9 Å². The first-order valence-electron chi connectivity index (χ1n) is 7.15. The molecule has 1 saturated carbocycles. The highest BCUT2D eigenvalue weighted by Crippen LogP contribution is 2.31. The molecular formula is C15H21ClFN3O. The molecule has 2 rings (SSSR count). The number of carbonyl (C=O) groups is 1. The van der Waals surface area contributed by atoms with Crippen molar-refractivity contribution in [2.45, 2.75) is 37.8 Å². The molecule has 4 nitrogen and oxygen atoms in total. The van der Waals surface area contributed by atoms with Crippen molar-refractivity contribution >= 4 is 23.3 Å². The van der Waals surface area contributed by atoms with Crippen LogP contribution >= 0.6 is 11.6 Å². The molecule has 1 aliphatic carbocycles. The van der Waals surface area contributed by atoms with Crippen LogP contribution in [0.15, 0.2) is 18.2 Å². The maximum absolute atomic E-state index is 13.3. The van der Waals surface area contributed by atoms with Crippen LogP contribution in [0.2, 0.25) is 5.02 Å². The van der Waals surface area contributed by atoms with E-state index in [9.17, 15) is 9.18 Å². The van der Waals surface area contributed by atoms with Crippen LogP contribution in [-0.2, 0) is 0 Å². The van der Waals surface area contributed by atoms with Crippen LogP contribution < -0.4 is 10.6 Å². The molecule has 1 aliphatic rings. The topological polar surface area (TPSA) is 44.4 Å². The number of benzene rings is 1. The van der Waals surface area contributed by atoms with E-state index in [0.29, 0.717) is 5.69 Å². The smallest absolute Gasteiger partial charge is 0.318 e. The Morgan fingerprint density at radius 2 is 1.95 bits per heavy atom. The maximum Gasteiger partial charge on any atom is 0.318 e. The summed E-state index contributed by atoms with van der Waals surface area (Å²) in [7, 11) is 3.42. The number of urea groups is 1. The van der Waals surface area contributed by atoms with Gasteiger partial charge in [-0.25, -0.2) is 9.18 Å². The van der Waals surface area contributed by atoms with Gasteiger partial charge >= 0.3 is 6.03 Å². The van der Waals surface area contributed by atoms with E-state index in [4.69, 9.17) is 11.6 Å². The third-order valence-electron chi connectivity index (χ3n) is 3.76. The van der Waals surface area contributed by atoms with Crippen LogP contribution in [0.25, 0.3) is 0 Å². The minimum Gasteiger partial charge on any atom is -0.363 e. The molecule has 1 aromatic rings. The van der Waals surface area contributed by atoms with Gasteiger partial charge in [0, 0.05) is 19.8 Å². The van der Waals surface area contributed by atoms with Crippen LogP contribution in [0.3, 0.4) is 0 Å². The lowest BCUT2D eigenvalue weighted by atomic mass is 9.88. The molecule has 0 bridgehead atoms. The number of hydrogen-bond donors (Lipinski definition) is 2. The number of nitrogens with one attached hydrogen (secondary N) is 2. The van der Waals surface area contributed by atoms with Gasteiger partial charge in [0.25, 0.3) is 0 Å². The molecular weight excluding hydrogens is 293 g/mol. The second-order valence-electron chi connectivity index (χ2n) is 5.72. The highest BCUT2D eigenvalue weighted by Gasteiger charge is 2.34. The lowest BCUT2D eigenvalue weighted by molar-refractivity contribution is 0.192. The second-order valence-corrected chi connectivity index (χ2v) is 6.13. The summed E-state index contributed by atoms with van der Waals surface area (Å²) in [5, 5.41) is 6.47. The van der Waals surface area contributed by atoms with E-state index in [0.717, 1.165) is 32.1 Å². The summed E-state index contributed by atoms with van der Waals surface area (Å²) in [5.74, 6) is -0.447. The van der Waals surface area contributed by atoms with E-state index in [1.165, 1.54) is 11.0 Å². The Kier molecular flexibility index (Phi) is 4.93. The fourth-order valence-electron chi connectivity index (χ4n) is 2.60. The molecule has 0 unspecified atom stereocenters. The zero-order chi connectivity index (χ0) is 15.5. The van der Waals surface area contributed by atoms with Gasteiger partial charge in [-0.15, -0.1) is 0 Å². The standard InChI is InChI=1S/C15H21ClFN3O/c1-20(2)14(21)19-15(8-4-3-5-9-15)18-11-6-7-13(17)12(16)10-11/h6-7,10,18H,3-5,8-9H2,1-2H3,(H,19,21). The third-order valence-corrected chi connectivity index (χ3v) is 4.05. The first-order valence-corrected chi connectivity index (χ1v) is 7.52. The molecule has 0 atom stereocenters. The normalized spacial score (nSPS) is 17.1. The lowest BCUT2D eigenvalue weighted by Gasteiger charge is -2.40. The zero-order valence-corrected chi connectivity index (χ0v) is 13.1. The van der Waals surface area contributed by atoms with Gasteiger partial charge in [-0.3, -0.25) is 0 Å². The Bertz CT molecular complexity index is 516. The van der Waals surface area contributed by atoms with Gasteiger partial charge < -0.3 is 15.5 Å². The minimum atomic E-state index is -0.499. The van der Waals surface area contributed by atoms with Crippen molar-refractivity contribution in [2.24, 2.45) is 0 Å². The number of hydrogen-bond acceptors (Lipinski definition) is 2. The van der Waals surface area contributed by atoms with Crippen LogP contribution in [0.1, 0.15) is 32.1 Å². The summed E-state index contributed by atoms with van der Waals surface area (Å²) in [5.41, 5.74) is 0.211. The largest absolute Gasteiger partial charge is 0.363 e. The van der Waals surface area contributed by atoms with Crippen molar-refractivity contribution in [3.05, 3.63) is 29.0 Å². The monoisotopic (exact) mass is 313 g/mol. The van der Waals surface area contributed by atoms with Crippen molar-refractivity contribution in [1.82, 2.24) is 10.2 Å². The molecule has 0 heterocycles. The Balaban J connectivity index is 2.19. The number of amides is 2. The maximum atomic E-state index is 13.3. The number of nitrogens with zero attached hydrogens (tertiary/aromatic N) is 1.